The molecule has 0 spiro atoms. The monoisotopic (exact) mass is 250 g/mol. The molecule has 0 saturated carbocycles. The largest absolute Gasteiger partial charge is 0.335 e. The highest BCUT2D eigenvalue weighted by Gasteiger charge is 2.50. The van der Waals surface area contributed by atoms with Crippen molar-refractivity contribution in [2.45, 2.75) is 32.2 Å². The third kappa shape index (κ3) is 2.06. The number of allylic oxidation sites excluding steroid dienone is 2. The van der Waals surface area contributed by atoms with E-state index in [4.69, 9.17) is 0 Å². The molecule has 0 aromatic heterocycles. The van der Waals surface area contributed by atoms with Crippen molar-refractivity contribution in [3.05, 3.63) is 24.3 Å². The zero-order chi connectivity index (χ0) is 12.3. The number of fused-ring (bicyclic) bond motifs is 1. The summed E-state index contributed by atoms with van der Waals surface area (Å²) in [6, 6.07) is 0. The molecule has 0 N–H and O–H groups in total. The molecular formula is C13H18N2OS. The van der Waals surface area contributed by atoms with Gasteiger partial charge in [-0.3, -0.25) is 4.79 Å². The molecule has 2 aliphatic rings. The second kappa shape index (κ2) is 5.08. The van der Waals surface area contributed by atoms with E-state index in [9.17, 15) is 4.79 Å². The number of hydrogen-bond donors (Lipinski definition) is 0. The third-order valence-corrected chi connectivity index (χ3v) is 4.23. The summed E-state index contributed by atoms with van der Waals surface area (Å²) in [6.45, 7) is 4.91. The van der Waals surface area contributed by atoms with Gasteiger partial charge in [0, 0.05) is 12.3 Å². The zero-order valence-electron chi connectivity index (χ0n) is 10.3. The van der Waals surface area contributed by atoms with Crippen LogP contribution in [0.4, 0.5) is 0 Å². The first-order valence-electron chi connectivity index (χ1n) is 6.00. The minimum Gasteiger partial charge on any atom is -0.335 e. The molecule has 0 aromatic rings. The standard InChI is InChI=1S/C13H18N2OS/c1-3-5-7-13(8-6-4-2)11(16)14-12-15(13)9-10-17-12/h3-6H,7-10H2,1-2H3/b5-3+,6-4+. The molecule has 92 valence electrons. The molecule has 17 heavy (non-hydrogen) atoms. The highest BCUT2D eigenvalue weighted by Crippen LogP contribution is 2.38. The number of nitrogens with zero attached hydrogens (tertiary/aromatic N) is 2. The van der Waals surface area contributed by atoms with Crippen LogP contribution in [0.3, 0.4) is 0 Å². The highest BCUT2D eigenvalue weighted by molar-refractivity contribution is 8.14. The first-order chi connectivity index (χ1) is 8.24. The van der Waals surface area contributed by atoms with Crippen molar-refractivity contribution in [2.75, 3.05) is 12.3 Å². The Morgan fingerprint density at radius 1 is 1.35 bits per heavy atom. The van der Waals surface area contributed by atoms with E-state index in [-0.39, 0.29) is 5.91 Å². The van der Waals surface area contributed by atoms with Crippen LogP contribution in [0.1, 0.15) is 26.7 Å². The number of hydrogen-bond acceptors (Lipinski definition) is 3. The molecule has 1 fully saturated rings. The van der Waals surface area contributed by atoms with Gasteiger partial charge < -0.3 is 4.90 Å². The van der Waals surface area contributed by atoms with Crippen molar-refractivity contribution >= 4 is 22.8 Å². The number of rotatable bonds is 4. The van der Waals surface area contributed by atoms with Crippen LogP contribution < -0.4 is 0 Å². The molecule has 0 bridgehead atoms. The summed E-state index contributed by atoms with van der Waals surface area (Å²) < 4.78 is 0. The Kier molecular flexibility index (Phi) is 3.72. The van der Waals surface area contributed by atoms with Gasteiger partial charge in [0.25, 0.3) is 5.91 Å². The lowest BCUT2D eigenvalue weighted by Gasteiger charge is -2.34. The molecule has 4 heteroatoms. The van der Waals surface area contributed by atoms with Gasteiger partial charge in [-0.05, 0) is 26.7 Å². The molecule has 0 aliphatic carbocycles. The van der Waals surface area contributed by atoms with E-state index in [0.717, 1.165) is 30.3 Å². The Morgan fingerprint density at radius 3 is 2.59 bits per heavy atom. The van der Waals surface area contributed by atoms with Gasteiger partial charge in [0.15, 0.2) is 5.17 Å². The number of thioether (sulfide) groups is 1. The molecule has 2 heterocycles. The van der Waals surface area contributed by atoms with Crippen LogP contribution in [0.5, 0.6) is 0 Å². The second-order valence-electron chi connectivity index (χ2n) is 4.28. The van der Waals surface area contributed by atoms with Gasteiger partial charge >= 0.3 is 0 Å². The van der Waals surface area contributed by atoms with Gasteiger partial charge in [-0.2, -0.15) is 4.99 Å². The first kappa shape index (κ1) is 12.4. The van der Waals surface area contributed by atoms with Gasteiger partial charge in [-0.25, -0.2) is 0 Å². The van der Waals surface area contributed by atoms with E-state index < -0.39 is 5.54 Å². The first-order valence-corrected chi connectivity index (χ1v) is 6.99. The minimum absolute atomic E-state index is 0.0240. The zero-order valence-corrected chi connectivity index (χ0v) is 11.2. The number of carbonyl (C=O) groups excluding carboxylic acids is 1. The van der Waals surface area contributed by atoms with Gasteiger partial charge in [0.2, 0.25) is 0 Å². The molecule has 1 saturated heterocycles. The van der Waals surface area contributed by atoms with Crippen LogP contribution in [0.25, 0.3) is 0 Å². The summed E-state index contributed by atoms with van der Waals surface area (Å²) in [5.74, 6) is 1.07. The van der Waals surface area contributed by atoms with Crippen LogP contribution in [0, 0.1) is 0 Å². The average molecular weight is 250 g/mol. The maximum absolute atomic E-state index is 12.2. The SMILES string of the molecule is C/C=C/CC1(C/C=C/C)C(=O)N=C2SCCN21. The van der Waals surface area contributed by atoms with Crippen LogP contribution in [-0.2, 0) is 4.79 Å². The fourth-order valence-corrected chi connectivity index (χ4v) is 3.33. The lowest BCUT2D eigenvalue weighted by molar-refractivity contribution is -0.125. The molecule has 3 nitrogen and oxygen atoms in total. The summed E-state index contributed by atoms with van der Waals surface area (Å²) in [4.78, 5) is 18.6. The lowest BCUT2D eigenvalue weighted by Crippen LogP contribution is -2.49. The van der Waals surface area contributed by atoms with E-state index in [2.05, 4.69) is 22.0 Å². The molecule has 1 amide bonds. The predicted octanol–water partition coefficient (Wildman–Crippen LogP) is 2.60. The van der Waals surface area contributed by atoms with Gasteiger partial charge in [0.1, 0.15) is 5.54 Å². The molecular weight excluding hydrogens is 232 g/mol. The summed E-state index contributed by atoms with van der Waals surface area (Å²) in [6.07, 6.45) is 9.66. The van der Waals surface area contributed by atoms with Crippen LogP contribution in [0.15, 0.2) is 29.3 Å². The van der Waals surface area contributed by atoms with Crippen molar-refractivity contribution in [2.24, 2.45) is 4.99 Å². The van der Waals surface area contributed by atoms with E-state index in [1.54, 1.807) is 11.8 Å². The minimum atomic E-state index is -0.447. The maximum Gasteiger partial charge on any atom is 0.274 e. The summed E-state index contributed by atoms with van der Waals surface area (Å²) in [5.41, 5.74) is -0.447. The molecule has 0 aromatic carbocycles. The Hall–Kier alpha value is -1.03. The van der Waals surface area contributed by atoms with Gasteiger partial charge in [-0.1, -0.05) is 36.1 Å². The van der Waals surface area contributed by atoms with Gasteiger partial charge in [0.05, 0.1) is 0 Å². The van der Waals surface area contributed by atoms with E-state index in [1.165, 1.54) is 0 Å². The Bertz CT molecular complexity index is 384. The van der Waals surface area contributed by atoms with Crippen molar-refractivity contribution in [1.29, 1.82) is 0 Å². The lowest BCUT2D eigenvalue weighted by atomic mass is 9.89. The summed E-state index contributed by atoms with van der Waals surface area (Å²) in [7, 11) is 0. The normalized spacial score (nSPS) is 22.8. The Morgan fingerprint density at radius 2 is 2.00 bits per heavy atom. The predicted molar refractivity (Wildman–Crippen MR) is 73.2 cm³/mol. The maximum atomic E-state index is 12.2. The average Bonchev–Trinajstić information content (AvgIpc) is 2.86. The van der Waals surface area contributed by atoms with E-state index in [0.29, 0.717) is 0 Å². The van der Waals surface area contributed by atoms with Crippen molar-refractivity contribution in [3.63, 3.8) is 0 Å². The summed E-state index contributed by atoms with van der Waals surface area (Å²) in [5, 5.41) is 0.920. The van der Waals surface area contributed by atoms with E-state index in [1.807, 2.05) is 26.0 Å². The number of amides is 1. The smallest absolute Gasteiger partial charge is 0.274 e. The van der Waals surface area contributed by atoms with Crippen molar-refractivity contribution < 1.29 is 4.79 Å². The van der Waals surface area contributed by atoms with Crippen molar-refractivity contribution in [1.82, 2.24) is 4.90 Å². The highest BCUT2D eigenvalue weighted by atomic mass is 32.2. The number of carbonyl (C=O) groups is 1. The Labute approximate surface area is 107 Å². The fourth-order valence-electron chi connectivity index (χ4n) is 2.30. The molecule has 0 unspecified atom stereocenters. The molecule has 0 atom stereocenters. The van der Waals surface area contributed by atoms with Crippen LogP contribution >= 0.6 is 11.8 Å². The van der Waals surface area contributed by atoms with Crippen LogP contribution in [-0.4, -0.2) is 33.8 Å². The number of amidine groups is 1. The quantitative estimate of drug-likeness (QED) is 0.719. The molecule has 2 aliphatic heterocycles. The van der Waals surface area contributed by atoms with Crippen LogP contribution in [0.2, 0.25) is 0 Å². The topological polar surface area (TPSA) is 32.7 Å². The van der Waals surface area contributed by atoms with Gasteiger partial charge in [-0.15, -0.1) is 0 Å². The van der Waals surface area contributed by atoms with Crippen molar-refractivity contribution in [3.8, 4) is 0 Å². The van der Waals surface area contributed by atoms with E-state index >= 15 is 0 Å². The Balaban J connectivity index is 2.29. The summed E-state index contributed by atoms with van der Waals surface area (Å²) >= 11 is 1.69. The molecule has 2 rings (SSSR count). The third-order valence-electron chi connectivity index (χ3n) is 3.27. The molecule has 0 radical (unpaired) electrons. The second-order valence-corrected chi connectivity index (χ2v) is 5.34. The number of aliphatic imine (C=N–C) groups is 1. The fraction of sp³-hybridized carbons (Fsp3) is 0.538.